The molecule has 2 aromatic rings. The van der Waals surface area contributed by atoms with Gasteiger partial charge in [0.15, 0.2) is 0 Å². The van der Waals surface area contributed by atoms with Crippen LogP contribution in [0.3, 0.4) is 0 Å². The number of hydrogen-bond acceptors (Lipinski definition) is 5. The number of aliphatic hydroxyl groups excluding tert-OH is 1. The second-order valence-corrected chi connectivity index (χ2v) is 3.89. The van der Waals surface area contributed by atoms with Gasteiger partial charge in [-0.1, -0.05) is 0 Å². The number of aliphatic hydroxyl groups is 1. The second kappa shape index (κ2) is 4.97. The molecule has 0 aliphatic rings. The normalized spacial score (nSPS) is 10.5. The Kier molecular flexibility index (Phi) is 3.39. The lowest BCUT2D eigenvalue weighted by molar-refractivity contribution is 0.276. The van der Waals surface area contributed by atoms with Gasteiger partial charge in [0.25, 0.3) is 0 Å². The summed E-state index contributed by atoms with van der Waals surface area (Å²) >= 11 is 0. The summed E-state index contributed by atoms with van der Waals surface area (Å²) in [5, 5.41) is 8.87. The summed E-state index contributed by atoms with van der Waals surface area (Å²) in [4.78, 5) is 10.2. The lowest BCUT2D eigenvalue weighted by Crippen LogP contribution is -2.17. The minimum atomic E-state index is -0.0889. The lowest BCUT2D eigenvalue weighted by atomic mass is 10.4. The van der Waals surface area contributed by atoms with E-state index in [4.69, 9.17) is 9.52 Å². The number of aromatic nitrogens is 2. The Morgan fingerprint density at radius 3 is 2.65 bits per heavy atom. The van der Waals surface area contributed by atoms with Gasteiger partial charge >= 0.3 is 0 Å². The van der Waals surface area contributed by atoms with Gasteiger partial charge in [-0.3, -0.25) is 4.98 Å². The van der Waals surface area contributed by atoms with E-state index in [1.54, 1.807) is 12.4 Å². The van der Waals surface area contributed by atoms with E-state index in [1.807, 2.05) is 31.0 Å². The summed E-state index contributed by atoms with van der Waals surface area (Å²) in [5.41, 5.74) is 0.566. The molecule has 0 unspecified atom stereocenters. The molecule has 0 aliphatic heterocycles. The first kappa shape index (κ1) is 11.6. The Bertz CT molecular complexity index is 479. The molecule has 0 aromatic carbocycles. The Balaban J connectivity index is 2.06. The first-order valence-electron chi connectivity index (χ1n) is 5.37. The van der Waals surface area contributed by atoms with Crippen molar-refractivity contribution in [2.24, 2.45) is 0 Å². The van der Waals surface area contributed by atoms with Gasteiger partial charge in [0.1, 0.15) is 17.3 Å². The minimum Gasteiger partial charge on any atom is -0.464 e. The maximum absolute atomic E-state index is 8.87. The van der Waals surface area contributed by atoms with Crippen LogP contribution < -0.4 is 4.90 Å². The van der Waals surface area contributed by atoms with Crippen LogP contribution >= 0.6 is 0 Å². The zero-order chi connectivity index (χ0) is 12.3. The summed E-state index contributed by atoms with van der Waals surface area (Å²) in [6, 6.07) is 3.88. The van der Waals surface area contributed by atoms with Crippen LogP contribution in [0.15, 0.2) is 28.9 Å². The fourth-order valence-electron chi connectivity index (χ4n) is 1.51. The van der Waals surface area contributed by atoms with Crippen molar-refractivity contribution in [3.63, 3.8) is 0 Å². The third-order valence-electron chi connectivity index (χ3n) is 2.43. The van der Waals surface area contributed by atoms with Gasteiger partial charge in [-0.05, 0) is 19.1 Å². The van der Waals surface area contributed by atoms with Crippen molar-refractivity contribution in [3.8, 4) is 0 Å². The van der Waals surface area contributed by atoms with E-state index in [-0.39, 0.29) is 6.61 Å². The largest absolute Gasteiger partial charge is 0.464 e. The number of nitrogens with zero attached hydrogens (tertiary/aromatic N) is 3. The molecule has 5 nitrogen and oxygen atoms in total. The highest BCUT2D eigenvalue weighted by molar-refractivity contribution is 5.35. The summed E-state index contributed by atoms with van der Waals surface area (Å²) in [6.45, 7) is 2.47. The highest BCUT2D eigenvalue weighted by Crippen LogP contribution is 2.13. The topological polar surface area (TPSA) is 62.4 Å². The number of rotatable bonds is 4. The molecular formula is C12H15N3O2. The molecule has 0 amide bonds. The summed E-state index contributed by atoms with van der Waals surface area (Å²) < 4.78 is 5.49. The predicted molar refractivity (Wildman–Crippen MR) is 63.5 cm³/mol. The number of hydrogen-bond donors (Lipinski definition) is 1. The van der Waals surface area contributed by atoms with Crippen LogP contribution in [0.25, 0.3) is 0 Å². The summed E-state index contributed by atoms with van der Waals surface area (Å²) in [7, 11) is 1.92. The van der Waals surface area contributed by atoms with E-state index in [2.05, 4.69) is 9.97 Å². The van der Waals surface area contributed by atoms with Crippen LogP contribution in [-0.4, -0.2) is 22.1 Å². The highest BCUT2D eigenvalue weighted by atomic mass is 16.3. The van der Waals surface area contributed by atoms with E-state index in [0.29, 0.717) is 12.2 Å². The maximum atomic E-state index is 8.87. The molecule has 2 heterocycles. The fraction of sp³-hybridized carbons (Fsp3) is 0.333. The molecule has 5 heteroatoms. The fourth-order valence-corrected chi connectivity index (χ4v) is 1.51. The average Bonchev–Trinajstić information content (AvgIpc) is 2.75. The van der Waals surface area contributed by atoms with Crippen molar-refractivity contribution in [2.75, 3.05) is 11.9 Å². The van der Waals surface area contributed by atoms with Crippen molar-refractivity contribution < 1.29 is 9.52 Å². The van der Waals surface area contributed by atoms with E-state index >= 15 is 0 Å². The molecule has 0 fully saturated rings. The van der Waals surface area contributed by atoms with Gasteiger partial charge in [0.2, 0.25) is 0 Å². The van der Waals surface area contributed by atoms with Crippen molar-refractivity contribution in [1.82, 2.24) is 9.97 Å². The van der Waals surface area contributed by atoms with Gasteiger partial charge < -0.3 is 14.4 Å². The second-order valence-electron chi connectivity index (χ2n) is 3.89. The summed E-state index contributed by atoms with van der Waals surface area (Å²) in [5.74, 6) is 2.53. The molecule has 0 atom stereocenters. The molecule has 0 spiro atoms. The number of furan rings is 1. The first-order valence-corrected chi connectivity index (χ1v) is 5.37. The van der Waals surface area contributed by atoms with Crippen LogP contribution in [0, 0.1) is 6.92 Å². The lowest BCUT2D eigenvalue weighted by Gasteiger charge is -2.16. The van der Waals surface area contributed by atoms with E-state index in [0.717, 1.165) is 17.3 Å². The molecule has 2 aromatic heterocycles. The molecule has 1 N–H and O–H groups in total. The van der Waals surface area contributed by atoms with Crippen LogP contribution in [0.5, 0.6) is 0 Å². The van der Waals surface area contributed by atoms with Gasteiger partial charge in [-0.25, -0.2) is 4.98 Å². The monoisotopic (exact) mass is 233 g/mol. The van der Waals surface area contributed by atoms with Gasteiger partial charge in [-0.15, -0.1) is 0 Å². The van der Waals surface area contributed by atoms with Crippen LogP contribution in [0.2, 0.25) is 0 Å². The first-order chi connectivity index (χ1) is 8.19. The minimum absolute atomic E-state index is 0.0889. The number of aryl methyl sites for hydroxylation is 1. The van der Waals surface area contributed by atoms with E-state index < -0.39 is 0 Å². The smallest absolute Gasteiger partial charge is 0.147 e. The maximum Gasteiger partial charge on any atom is 0.147 e. The standard InChI is InChI=1S/C12H15N3O2/c1-9-3-4-11(17-9)7-15(2)12-6-13-10(8-16)5-14-12/h3-6,16H,7-8H2,1-2H3. The molecule has 17 heavy (non-hydrogen) atoms. The SMILES string of the molecule is Cc1ccc(CN(C)c2cnc(CO)cn2)o1. The molecule has 2 rings (SSSR count). The predicted octanol–water partition coefficient (Wildman–Crippen LogP) is 1.51. The molecule has 0 aliphatic carbocycles. The molecule has 0 bridgehead atoms. The van der Waals surface area contributed by atoms with E-state index in [9.17, 15) is 0 Å². The zero-order valence-corrected chi connectivity index (χ0v) is 9.92. The van der Waals surface area contributed by atoms with E-state index in [1.165, 1.54) is 0 Å². The Morgan fingerprint density at radius 2 is 2.12 bits per heavy atom. The highest BCUT2D eigenvalue weighted by Gasteiger charge is 2.06. The Labute approximate surface area is 99.7 Å². The van der Waals surface area contributed by atoms with Crippen LogP contribution in [0.1, 0.15) is 17.2 Å². The average molecular weight is 233 g/mol. The zero-order valence-electron chi connectivity index (χ0n) is 9.92. The Hall–Kier alpha value is -1.88. The molecule has 0 saturated heterocycles. The molecular weight excluding hydrogens is 218 g/mol. The molecule has 0 saturated carbocycles. The third-order valence-corrected chi connectivity index (χ3v) is 2.43. The summed E-state index contributed by atoms with van der Waals surface area (Å²) in [6.07, 6.45) is 3.21. The van der Waals surface area contributed by atoms with Crippen molar-refractivity contribution in [2.45, 2.75) is 20.1 Å². The van der Waals surface area contributed by atoms with Crippen molar-refractivity contribution in [1.29, 1.82) is 0 Å². The number of anilines is 1. The van der Waals surface area contributed by atoms with Crippen LogP contribution in [0.4, 0.5) is 5.82 Å². The quantitative estimate of drug-likeness (QED) is 0.867. The van der Waals surface area contributed by atoms with Crippen molar-refractivity contribution >= 4 is 5.82 Å². The molecule has 0 radical (unpaired) electrons. The van der Waals surface area contributed by atoms with Crippen molar-refractivity contribution in [3.05, 3.63) is 41.7 Å². The third kappa shape index (κ3) is 2.82. The van der Waals surface area contributed by atoms with Crippen LogP contribution in [-0.2, 0) is 13.2 Å². The van der Waals surface area contributed by atoms with Gasteiger partial charge in [-0.2, -0.15) is 0 Å². The Morgan fingerprint density at radius 1 is 1.29 bits per heavy atom. The molecule has 90 valence electrons. The van der Waals surface area contributed by atoms with Gasteiger partial charge in [0, 0.05) is 7.05 Å². The van der Waals surface area contributed by atoms with Gasteiger partial charge in [0.05, 0.1) is 31.2 Å².